The molecule has 2 fully saturated rings. The highest BCUT2D eigenvalue weighted by Crippen LogP contribution is 2.39. The highest BCUT2D eigenvalue weighted by atomic mass is 16.2. The first-order chi connectivity index (χ1) is 13.1. The van der Waals surface area contributed by atoms with Gasteiger partial charge in [0.05, 0.1) is 5.92 Å². The van der Waals surface area contributed by atoms with E-state index in [2.05, 4.69) is 16.0 Å². The van der Waals surface area contributed by atoms with Crippen molar-refractivity contribution < 1.29 is 9.59 Å². The summed E-state index contributed by atoms with van der Waals surface area (Å²) in [6.07, 6.45) is 5.86. The number of amides is 2. The minimum absolute atomic E-state index is 0.0641. The van der Waals surface area contributed by atoms with E-state index < -0.39 is 0 Å². The zero-order valence-corrected chi connectivity index (χ0v) is 15.9. The average Bonchev–Trinajstić information content (AvgIpc) is 3.24. The van der Waals surface area contributed by atoms with Crippen molar-refractivity contribution in [1.82, 2.24) is 14.8 Å². The van der Waals surface area contributed by atoms with Crippen LogP contribution in [0.25, 0.3) is 0 Å². The summed E-state index contributed by atoms with van der Waals surface area (Å²) in [5.74, 6) is 0.283. The van der Waals surface area contributed by atoms with Crippen molar-refractivity contribution in [3.05, 3.63) is 59.9 Å². The number of hydrogen-bond acceptors (Lipinski definition) is 2. The molecule has 2 saturated heterocycles. The molecule has 5 nitrogen and oxygen atoms in total. The van der Waals surface area contributed by atoms with Crippen LogP contribution in [0.1, 0.15) is 42.9 Å². The van der Waals surface area contributed by atoms with E-state index in [0.29, 0.717) is 6.42 Å². The van der Waals surface area contributed by atoms with Gasteiger partial charge in [-0.25, -0.2) is 0 Å². The van der Waals surface area contributed by atoms with Crippen LogP contribution in [0.3, 0.4) is 0 Å². The molecule has 2 aromatic rings. The number of aryl methyl sites for hydroxylation is 2. The molecule has 4 rings (SSSR count). The quantitative estimate of drug-likeness (QED) is 0.906. The standard InChI is InChI=1S/C22H27N3O2/c1-24-13-5-8-18(24)9-10-20(26)25-14-11-22(12-15-25)16-19(21(27)23-22)17-6-3-2-4-7-17/h2-8,13,19H,9-12,14-16H2,1H3,(H,23,27)/t19-/m0/s1. The minimum Gasteiger partial charge on any atom is -0.354 e. The van der Waals surface area contributed by atoms with Gasteiger partial charge in [0, 0.05) is 44.0 Å². The molecule has 27 heavy (non-hydrogen) atoms. The molecule has 142 valence electrons. The highest BCUT2D eigenvalue weighted by Gasteiger charge is 2.46. The molecule has 0 saturated carbocycles. The Hall–Kier alpha value is -2.56. The van der Waals surface area contributed by atoms with E-state index in [9.17, 15) is 9.59 Å². The van der Waals surface area contributed by atoms with Crippen molar-refractivity contribution in [1.29, 1.82) is 0 Å². The third-order valence-electron chi connectivity index (χ3n) is 6.22. The third kappa shape index (κ3) is 3.64. The van der Waals surface area contributed by atoms with E-state index in [-0.39, 0.29) is 23.3 Å². The molecule has 0 bridgehead atoms. The Morgan fingerprint density at radius 3 is 2.56 bits per heavy atom. The van der Waals surface area contributed by atoms with Crippen LogP contribution in [0.2, 0.25) is 0 Å². The molecule has 1 atom stereocenters. The second-order valence-corrected chi connectivity index (χ2v) is 7.93. The van der Waals surface area contributed by atoms with Gasteiger partial charge in [-0.1, -0.05) is 30.3 Å². The second kappa shape index (κ2) is 7.22. The molecular formula is C22H27N3O2. The summed E-state index contributed by atoms with van der Waals surface area (Å²) in [5, 5.41) is 3.26. The summed E-state index contributed by atoms with van der Waals surface area (Å²) in [6.45, 7) is 1.46. The van der Waals surface area contributed by atoms with Gasteiger partial charge in [-0.05, 0) is 43.4 Å². The molecule has 1 N–H and O–H groups in total. The van der Waals surface area contributed by atoms with E-state index in [0.717, 1.165) is 44.3 Å². The van der Waals surface area contributed by atoms with Gasteiger partial charge in [0.2, 0.25) is 11.8 Å². The zero-order valence-electron chi connectivity index (χ0n) is 15.9. The Morgan fingerprint density at radius 2 is 1.89 bits per heavy atom. The van der Waals surface area contributed by atoms with Crippen LogP contribution in [0.5, 0.6) is 0 Å². The summed E-state index contributed by atoms with van der Waals surface area (Å²) in [6, 6.07) is 14.1. The lowest BCUT2D eigenvalue weighted by Gasteiger charge is -2.39. The summed E-state index contributed by atoms with van der Waals surface area (Å²) >= 11 is 0. The summed E-state index contributed by atoms with van der Waals surface area (Å²) < 4.78 is 2.07. The normalized spacial score (nSPS) is 21.4. The SMILES string of the molecule is Cn1cccc1CCC(=O)N1CCC2(CC1)C[C@@H](c1ccccc1)C(=O)N2. The van der Waals surface area contributed by atoms with Crippen LogP contribution in [0, 0.1) is 0 Å². The number of carbonyl (C=O) groups is 2. The number of nitrogens with one attached hydrogen (secondary N) is 1. The van der Waals surface area contributed by atoms with Crippen LogP contribution in [-0.2, 0) is 23.1 Å². The number of hydrogen-bond donors (Lipinski definition) is 1. The topological polar surface area (TPSA) is 54.3 Å². The molecule has 3 heterocycles. The Labute approximate surface area is 160 Å². The van der Waals surface area contributed by atoms with E-state index >= 15 is 0 Å². The molecule has 2 aliphatic heterocycles. The van der Waals surface area contributed by atoms with Gasteiger partial charge < -0.3 is 14.8 Å². The molecule has 2 amide bonds. The molecule has 0 aliphatic carbocycles. The van der Waals surface area contributed by atoms with Crippen molar-refractivity contribution in [3.63, 3.8) is 0 Å². The molecular weight excluding hydrogens is 338 g/mol. The van der Waals surface area contributed by atoms with Crippen LogP contribution in [0.15, 0.2) is 48.7 Å². The fraction of sp³-hybridized carbons (Fsp3) is 0.455. The molecule has 1 aromatic carbocycles. The van der Waals surface area contributed by atoms with E-state index in [1.54, 1.807) is 0 Å². The van der Waals surface area contributed by atoms with Crippen molar-refractivity contribution in [2.75, 3.05) is 13.1 Å². The van der Waals surface area contributed by atoms with E-state index in [4.69, 9.17) is 0 Å². The Bertz CT molecular complexity index is 819. The van der Waals surface area contributed by atoms with Crippen molar-refractivity contribution >= 4 is 11.8 Å². The summed E-state index contributed by atoms with van der Waals surface area (Å²) in [4.78, 5) is 27.1. The molecule has 5 heteroatoms. The van der Waals surface area contributed by atoms with Crippen molar-refractivity contribution in [2.24, 2.45) is 7.05 Å². The summed E-state index contributed by atoms with van der Waals surface area (Å²) in [5.41, 5.74) is 2.13. The second-order valence-electron chi connectivity index (χ2n) is 7.93. The number of likely N-dealkylation sites (tertiary alicyclic amines) is 1. The zero-order chi connectivity index (χ0) is 18.9. The van der Waals surface area contributed by atoms with Crippen molar-refractivity contribution in [3.8, 4) is 0 Å². The molecule has 0 radical (unpaired) electrons. The van der Waals surface area contributed by atoms with Crippen molar-refractivity contribution in [2.45, 2.75) is 43.6 Å². The fourth-order valence-electron chi connectivity index (χ4n) is 4.50. The number of carbonyl (C=O) groups excluding carboxylic acids is 2. The number of rotatable bonds is 4. The maximum absolute atomic E-state index is 12.6. The first kappa shape index (κ1) is 17.8. The largest absolute Gasteiger partial charge is 0.354 e. The number of benzene rings is 1. The van der Waals surface area contributed by atoms with Gasteiger partial charge in [0.25, 0.3) is 0 Å². The lowest BCUT2D eigenvalue weighted by Crippen LogP contribution is -2.52. The van der Waals surface area contributed by atoms with Gasteiger partial charge in [0.15, 0.2) is 0 Å². The van der Waals surface area contributed by atoms with Gasteiger partial charge in [-0.2, -0.15) is 0 Å². The smallest absolute Gasteiger partial charge is 0.228 e. The lowest BCUT2D eigenvalue weighted by atomic mass is 9.82. The third-order valence-corrected chi connectivity index (χ3v) is 6.22. The monoisotopic (exact) mass is 365 g/mol. The fourth-order valence-corrected chi connectivity index (χ4v) is 4.50. The Balaban J connectivity index is 1.33. The van der Waals surface area contributed by atoms with Gasteiger partial charge >= 0.3 is 0 Å². The molecule has 1 spiro atoms. The maximum atomic E-state index is 12.6. The number of aromatic nitrogens is 1. The minimum atomic E-state index is -0.146. The van der Waals surface area contributed by atoms with E-state index in [1.165, 1.54) is 5.69 Å². The van der Waals surface area contributed by atoms with Crippen LogP contribution >= 0.6 is 0 Å². The van der Waals surface area contributed by atoms with Crippen LogP contribution in [0.4, 0.5) is 0 Å². The van der Waals surface area contributed by atoms with Gasteiger partial charge in [-0.15, -0.1) is 0 Å². The lowest BCUT2D eigenvalue weighted by molar-refractivity contribution is -0.132. The first-order valence-electron chi connectivity index (χ1n) is 9.81. The predicted octanol–water partition coefficient (Wildman–Crippen LogP) is 2.62. The maximum Gasteiger partial charge on any atom is 0.228 e. The number of piperidine rings is 1. The highest BCUT2D eigenvalue weighted by molar-refractivity contribution is 5.87. The summed E-state index contributed by atoms with van der Waals surface area (Å²) in [7, 11) is 2.01. The Morgan fingerprint density at radius 1 is 1.15 bits per heavy atom. The van der Waals surface area contributed by atoms with Gasteiger partial charge in [-0.3, -0.25) is 9.59 Å². The van der Waals surface area contributed by atoms with Gasteiger partial charge in [0.1, 0.15) is 0 Å². The molecule has 0 unspecified atom stereocenters. The average molecular weight is 365 g/mol. The van der Waals surface area contributed by atoms with Crippen LogP contribution in [-0.4, -0.2) is 39.9 Å². The number of nitrogens with zero attached hydrogens (tertiary/aromatic N) is 2. The van der Waals surface area contributed by atoms with Crippen LogP contribution < -0.4 is 5.32 Å². The predicted molar refractivity (Wildman–Crippen MR) is 104 cm³/mol. The van der Waals surface area contributed by atoms with E-state index in [1.807, 2.05) is 54.5 Å². The molecule has 2 aliphatic rings. The molecule has 1 aromatic heterocycles. The first-order valence-corrected chi connectivity index (χ1v) is 9.81. The Kier molecular flexibility index (Phi) is 4.77.